The van der Waals surface area contributed by atoms with Gasteiger partial charge in [0.1, 0.15) is 5.01 Å². The first-order valence-corrected chi connectivity index (χ1v) is 8.37. The van der Waals surface area contributed by atoms with E-state index in [0.717, 1.165) is 17.0 Å². The van der Waals surface area contributed by atoms with Crippen LogP contribution in [0.5, 0.6) is 0 Å². The number of hydrogen-bond acceptors (Lipinski definition) is 6. The maximum absolute atomic E-state index is 11.8. The first-order chi connectivity index (χ1) is 10.1. The van der Waals surface area contributed by atoms with E-state index in [2.05, 4.69) is 10.3 Å². The number of nitrogens with one attached hydrogen (secondary N) is 1. The van der Waals surface area contributed by atoms with Crippen molar-refractivity contribution in [1.82, 2.24) is 10.3 Å². The van der Waals surface area contributed by atoms with E-state index in [4.69, 9.17) is 4.74 Å². The summed E-state index contributed by atoms with van der Waals surface area (Å²) in [6.45, 7) is 3.58. The van der Waals surface area contributed by atoms with Crippen LogP contribution in [-0.4, -0.2) is 29.5 Å². The Morgan fingerprint density at radius 3 is 2.90 bits per heavy atom. The van der Waals surface area contributed by atoms with E-state index in [1.807, 2.05) is 30.7 Å². The molecule has 21 heavy (non-hydrogen) atoms. The molecule has 2 heterocycles. The predicted molar refractivity (Wildman–Crippen MR) is 83.6 cm³/mol. The highest BCUT2D eigenvalue weighted by Crippen LogP contribution is 2.25. The SMILES string of the molecule is CCC(C)NC(=O)COC(=O)c1csc(-c2ccsc2)n1. The summed E-state index contributed by atoms with van der Waals surface area (Å²) in [5.41, 5.74) is 1.22. The van der Waals surface area contributed by atoms with Crippen molar-refractivity contribution in [3.8, 4) is 10.6 Å². The molecule has 2 aromatic heterocycles. The minimum Gasteiger partial charge on any atom is -0.451 e. The number of hydrogen-bond donors (Lipinski definition) is 1. The summed E-state index contributed by atoms with van der Waals surface area (Å²) in [5, 5.41) is 9.06. The lowest BCUT2D eigenvalue weighted by Gasteiger charge is -2.10. The predicted octanol–water partition coefficient (Wildman–Crippen LogP) is 2.94. The third kappa shape index (κ3) is 4.37. The number of aromatic nitrogens is 1. The number of thiazole rings is 1. The number of ether oxygens (including phenoxy) is 1. The van der Waals surface area contributed by atoms with Crippen molar-refractivity contribution >= 4 is 34.6 Å². The first kappa shape index (κ1) is 15.7. The van der Waals surface area contributed by atoms with E-state index in [1.165, 1.54) is 11.3 Å². The molecule has 0 radical (unpaired) electrons. The Bertz CT molecular complexity index is 608. The minimum absolute atomic E-state index is 0.0701. The largest absolute Gasteiger partial charge is 0.451 e. The number of carbonyl (C=O) groups excluding carboxylic acids is 2. The Morgan fingerprint density at radius 2 is 2.24 bits per heavy atom. The van der Waals surface area contributed by atoms with Gasteiger partial charge in [0.25, 0.3) is 5.91 Å². The molecule has 0 bridgehead atoms. The number of thiophene rings is 1. The van der Waals surface area contributed by atoms with Crippen molar-refractivity contribution in [2.24, 2.45) is 0 Å². The number of rotatable bonds is 6. The highest BCUT2D eigenvalue weighted by Gasteiger charge is 2.15. The first-order valence-electron chi connectivity index (χ1n) is 6.54. The molecule has 0 aliphatic carbocycles. The average molecular weight is 324 g/mol. The number of carbonyl (C=O) groups is 2. The van der Waals surface area contributed by atoms with Gasteiger partial charge in [-0.1, -0.05) is 6.92 Å². The highest BCUT2D eigenvalue weighted by atomic mass is 32.1. The quantitative estimate of drug-likeness (QED) is 0.830. The molecule has 0 fully saturated rings. The zero-order chi connectivity index (χ0) is 15.2. The molecule has 0 saturated heterocycles. The summed E-state index contributed by atoms with van der Waals surface area (Å²) in [7, 11) is 0. The molecule has 0 aromatic carbocycles. The van der Waals surface area contributed by atoms with Gasteiger partial charge in [-0.2, -0.15) is 11.3 Å². The highest BCUT2D eigenvalue weighted by molar-refractivity contribution is 7.14. The molecular weight excluding hydrogens is 308 g/mol. The van der Waals surface area contributed by atoms with E-state index < -0.39 is 5.97 Å². The van der Waals surface area contributed by atoms with Gasteiger partial charge < -0.3 is 10.1 Å². The molecule has 0 saturated carbocycles. The fourth-order valence-electron chi connectivity index (χ4n) is 1.51. The number of nitrogens with zero attached hydrogens (tertiary/aromatic N) is 1. The fraction of sp³-hybridized carbons (Fsp3) is 0.357. The van der Waals surface area contributed by atoms with Crippen molar-refractivity contribution in [1.29, 1.82) is 0 Å². The van der Waals surface area contributed by atoms with Crippen LogP contribution in [0, 0.1) is 0 Å². The third-order valence-corrected chi connectivity index (χ3v) is 4.41. The van der Waals surface area contributed by atoms with Crippen molar-refractivity contribution < 1.29 is 14.3 Å². The van der Waals surface area contributed by atoms with E-state index in [-0.39, 0.29) is 24.2 Å². The molecule has 1 amide bonds. The third-order valence-electron chi connectivity index (χ3n) is 2.84. The van der Waals surface area contributed by atoms with Crippen molar-refractivity contribution in [2.75, 3.05) is 6.61 Å². The van der Waals surface area contributed by atoms with Gasteiger partial charge in [-0.3, -0.25) is 4.79 Å². The Balaban J connectivity index is 1.88. The van der Waals surface area contributed by atoms with Gasteiger partial charge in [-0.05, 0) is 24.8 Å². The van der Waals surface area contributed by atoms with Crippen molar-refractivity contribution in [2.45, 2.75) is 26.3 Å². The molecule has 2 rings (SSSR count). The molecule has 0 aliphatic heterocycles. The Hall–Kier alpha value is -1.73. The van der Waals surface area contributed by atoms with E-state index in [0.29, 0.717) is 0 Å². The topological polar surface area (TPSA) is 68.3 Å². The van der Waals surface area contributed by atoms with E-state index in [1.54, 1.807) is 16.7 Å². The second kappa shape index (κ2) is 7.33. The molecule has 7 heteroatoms. The van der Waals surface area contributed by atoms with Crippen LogP contribution in [0.2, 0.25) is 0 Å². The van der Waals surface area contributed by atoms with Crippen LogP contribution in [0.3, 0.4) is 0 Å². The molecular formula is C14H16N2O3S2. The normalized spacial score (nSPS) is 11.9. The van der Waals surface area contributed by atoms with Gasteiger partial charge in [-0.25, -0.2) is 9.78 Å². The number of esters is 1. The van der Waals surface area contributed by atoms with Gasteiger partial charge in [0.15, 0.2) is 12.3 Å². The summed E-state index contributed by atoms with van der Waals surface area (Å²) in [5.74, 6) is -0.877. The minimum atomic E-state index is -0.577. The fourth-order valence-corrected chi connectivity index (χ4v) is 3.01. The Morgan fingerprint density at radius 1 is 1.43 bits per heavy atom. The van der Waals surface area contributed by atoms with Crippen LogP contribution in [-0.2, 0) is 9.53 Å². The molecule has 1 atom stereocenters. The van der Waals surface area contributed by atoms with Crippen LogP contribution in [0.25, 0.3) is 10.6 Å². The summed E-state index contributed by atoms with van der Waals surface area (Å²) in [4.78, 5) is 27.6. The lowest BCUT2D eigenvalue weighted by atomic mass is 10.2. The average Bonchev–Trinajstić information content (AvgIpc) is 3.14. The summed E-state index contributed by atoms with van der Waals surface area (Å²) in [6.07, 6.45) is 0.829. The Kier molecular flexibility index (Phi) is 5.46. The second-order valence-electron chi connectivity index (χ2n) is 4.50. The van der Waals surface area contributed by atoms with Crippen LogP contribution in [0.1, 0.15) is 30.8 Å². The smallest absolute Gasteiger partial charge is 0.358 e. The lowest BCUT2D eigenvalue weighted by Crippen LogP contribution is -2.35. The van der Waals surface area contributed by atoms with Gasteiger partial charge in [0, 0.05) is 22.4 Å². The molecule has 1 N–H and O–H groups in total. The summed E-state index contributed by atoms with van der Waals surface area (Å²) < 4.78 is 4.96. The summed E-state index contributed by atoms with van der Waals surface area (Å²) >= 11 is 2.95. The van der Waals surface area contributed by atoms with Gasteiger partial charge in [0.05, 0.1) is 0 Å². The molecule has 5 nitrogen and oxygen atoms in total. The van der Waals surface area contributed by atoms with Gasteiger partial charge >= 0.3 is 5.97 Å². The van der Waals surface area contributed by atoms with Crippen molar-refractivity contribution in [3.63, 3.8) is 0 Å². The van der Waals surface area contributed by atoms with Crippen LogP contribution >= 0.6 is 22.7 Å². The maximum Gasteiger partial charge on any atom is 0.358 e. The Labute approximate surface area is 131 Å². The lowest BCUT2D eigenvalue weighted by molar-refractivity contribution is -0.124. The second-order valence-corrected chi connectivity index (χ2v) is 6.14. The van der Waals surface area contributed by atoms with Gasteiger partial charge in [0.2, 0.25) is 0 Å². The molecule has 1 unspecified atom stereocenters. The van der Waals surface area contributed by atoms with E-state index >= 15 is 0 Å². The maximum atomic E-state index is 11.8. The number of amides is 1. The van der Waals surface area contributed by atoms with Gasteiger partial charge in [-0.15, -0.1) is 11.3 Å². The van der Waals surface area contributed by atoms with Crippen molar-refractivity contribution in [3.05, 3.63) is 27.9 Å². The van der Waals surface area contributed by atoms with E-state index in [9.17, 15) is 9.59 Å². The molecule has 2 aromatic rings. The molecule has 112 valence electrons. The standard InChI is InChI=1S/C14H16N2O3S2/c1-3-9(2)15-12(17)6-19-14(18)11-8-21-13(16-11)10-4-5-20-7-10/h4-5,7-9H,3,6H2,1-2H3,(H,15,17). The van der Waals surface area contributed by atoms with Crippen LogP contribution in [0.15, 0.2) is 22.2 Å². The molecule has 0 aliphatic rings. The van der Waals surface area contributed by atoms with Crippen LogP contribution in [0.4, 0.5) is 0 Å². The van der Waals surface area contributed by atoms with Crippen LogP contribution < -0.4 is 5.32 Å². The molecule has 0 spiro atoms. The zero-order valence-corrected chi connectivity index (χ0v) is 13.4. The zero-order valence-electron chi connectivity index (χ0n) is 11.8. The summed E-state index contributed by atoms with van der Waals surface area (Å²) in [6, 6.07) is 2.01. The monoisotopic (exact) mass is 324 g/mol.